The second kappa shape index (κ2) is 8.92. The van der Waals surface area contributed by atoms with Crippen LogP contribution in [0.25, 0.3) is 0 Å². The highest BCUT2D eigenvalue weighted by Gasteiger charge is 2.15. The van der Waals surface area contributed by atoms with Crippen LogP contribution >= 0.6 is 12.4 Å². The molecule has 0 bridgehead atoms. The van der Waals surface area contributed by atoms with Crippen LogP contribution in [-0.2, 0) is 10.0 Å². The van der Waals surface area contributed by atoms with Crippen molar-refractivity contribution in [2.45, 2.75) is 19.9 Å². The molecule has 0 unspecified atom stereocenters. The normalized spacial score (nSPS) is 12.2. The average molecular weight is 354 g/mol. The fourth-order valence-electron chi connectivity index (χ4n) is 1.75. The van der Waals surface area contributed by atoms with Gasteiger partial charge in [-0.2, -0.15) is 0 Å². The Morgan fingerprint density at radius 1 is 1.36 bits per heavy atom. The highest BCUT2D eigenvalue weighted by atomic mass is 35.5. The smallest absolute Gasteiger partial charge is 0.253 e. The maximum absolute atomic E-state index is 13.3. The maximum atomic E-state index is 13.3. The molecule has 0 saturated carbocycles. The Bertz CT molecular complexity index is 611. The largest absolute Gasteiger partial charge is 0.350 e. The van der Waals surface area contributed by atoms with Gasteiger partial charge in [-0.25, -0.2) is 12.8 Å². The Morgan fingerprint density at radius 3 is 2.55 bits per heavy atom. The molecule has 1 aromatic rings. The number of nitrogens with one attached hydrogen (secondary N) is 3. The minimum atomic E-state index is -3.55. The average Bonchev–Trinajstić information content (AvgIpc) is 2.37. The van der Waals surface area contributed by atoms with Crippen molar-refractivity contribution >= 4 is 34.0 Å². The molecule has 0 aliphatic heterocycles. The third-order valence-electron chi connectivity index (χ3n) is 2.64. The fraction of sp³-hybridized carbons (Fsp3) is 0.462. The molecule has 1 rings (SSSR count). The predicted molar refractivity (Wildman–Crippen MR) is 87.6 cm³/mol. The van der Waals surface area contributed by atoms with Gasteiger partial charge < -0.3 is 10.6 Å². The fourth-order valence-corrected chi connectivity index (χ4v) is 2.33. The molecule has 0 radical (unpaired) electrons. The second-order valence-corrected chi connectivity index (χ2v) is 6.48. The highest BCUT2D eigenvalue weighted by molar-refractivity contribution is 7.92. The van der Waals surface area contributed by atoms with Crippen molar-refractivity contribution in [2.75, 3.05) is 24.1 Å². The number of anilines is 1. The van der Waals surface area contributed by atoms with E-state index in [1.807, 2.05) is 13.8 Å². The van der Waals surface area contributed by atoms with E-state index in [0.717, 1.165) is 24.9 Å². The SMILES string of the molecule is CCN[C@H](C)CNC(=O)c1cc(F)ccc1NS(C)(=O)=O.Cl. The van der Waals surface area contributed by atoms with Crippen LogP contribution in [0.2, 0.25) is 0 Å². The van der Waals surface area contributed by atoms with Crippen molar-refractivity contribution in [3.63, 3.8) is 0 Å². The molecule has 0 aliphatic rings. The summed E-state index contributed by atoms with van der Waals surface area (Å²) in [5, 5.41) is 5.75. The van der Waals surface area contributed by atoms with Crippen molar-refractivity contribution in [2.24, 2.45) is 0 Å². The van der Waals surface area contributed by atoms with Crippen molar-refractivity contribution < 1.29 is 17.6 Å². The Hall–Kier alpha value is -1.38. The Kier molecular flexibility index (Phi) is 8.36. The third-order valence-corrected chi connectivity index (χ3v) is 3.23. The van der Waals surface area contributed by atoms with Gasteiger partial charge in [-0.05, 0) is 31.7 Å². The lowest BCUT2D eigenvalue weighted by Crippen LogP contribution is -2.39. The molecule has 22 heavy (non-hydrogen) atoms. The zero-order valence-corrected chi connectivity index (χ0v) is 14.3. The number of hydrogen-bond acceptors (Lipinski definition) is 4. The molecule has 1 amide bonds. The lowest BCUT2D eigenvalue weighted by molar-refractivity contribution is 0.0950. The molecule has 0 saturated heterocycles. The van der Waals surface area contributed by atoms with Crippen molar-refractivity contribution in [3.8, 4) is 0 Å². The molecule has 1 aromatic carbocycles. The molecule has 126 valence electrons. The number of rotatable bonds is 7. The predicted octanol–water partition coefficient (Wildman–Crippen LogP) is 1.35. The number of benzene rings is 1. The zero-order valence-electron chi connectivity index (χ0n) is 12.6. The molecule has 1 atom stereocenters. The van der Waals surface area contributed by atoms with Gasteiger partial charge in [0.1, 0.15) is 5.82 Å². The molecular formula is C13H21ClFN3O3S. The minimum absolute atomic E-state index is 0. The number of halogens is 2. The second-order valence-electron chi connectivity index (χ2n) is 4.73. The van der Waals surface area contributed by atoms with Crippen LogP contribution in [-0.4, -0.2) is 39.7 Å². The lowest BCUT2D eigenvalue weighted by Gasteiger charge is -2.15. The van der Waals surface area contributed by atoms with E-state index in [0.29, 0.717) is 6.54 Å². The van der Waals surface area contributed by atoms with Crippen LogP contribution in [0.3, 0.4) is 0 Å². The van der Waals surface area contributed by atoms with E-state index in [1.54, 1.807) is 0 Å². The summed E-state index contributed by atoms with van der Waals surface area (Å²) in [5.41, 5.74) is -0.00312. The quantitative estimate of drug-likeness (QED) is 0.690. The van der Waals surface area contributed by atoms with Crippen LogP contribution in [0.4, 0.5) is 10.1 Å². The van der Waals surface area contributed by atoms with E-state index < -0.39 is 21.7 Å². The van der Waals surface area contributed by atoms with Gasteiger partial charge in [0.2, 0.25) is 10.0 Å². The van der Waals surface area contributed by atoms with Gasteiger partial charge in [-0.15, -0.1) is 12.4 Å². The molecule has 9 heteroatoms. The molecule has 0 fully saturated rings. The van der Waals surface area contributed by atoms with Crippen molar-refractivity contribution in [1.82, 2.24) is 10.6 Å². The number of likely N-dealkylation sites (N-methyl/N-ethyl adjacent to an activating group) is 1. The molecule has 0 spiro atoms. The first-order chi connectivity index (χ1) is 9.73. The topological polar surface area (TPSA) is 87.3 Å². The van der Waals surface area contributed by atoms with E-state index in [9.17, 15) is 17.6 Å². The van der Waals surface area contributed by atoms with Gasteiger partial charge in [0.25, 0.3) is 5.91 Å². The van der Waals surface area contributed by atoms with Gasteiger partial charge in [-0.1, -0.05) is 6.92 Å². The van der Waals surface area contributed by atoms with Crippen molar-refractivity contribution in [1.29, 1.82) is 0 Å². The van der Waals surface area contributed by atoms with Crippen LogP contribution in [0.15, 0.2) is 18.2 Å². The monoisotopic (exact) mass is 353 g/mol. The lowest BCUT2D eigenvalue weighted by atomic mass is 10.1. The number of carbonyl (C=O) groups is 1. The molecule has 3 N–H and O–H groups in total. The highest BCUT2D eigenvalue weighted by Crippen LogP contribution is 2.18. The van der Waals surface area contributed by atoms with Crippen LogP contribution < -0.4 is 15.4 Å². The molecule has 6 nitrogen and oxygen atoms in total. The van der Waals surface area contributed by atoms with Gasteiger partial charge in [-0.3, -0.25) is 9.52 Å². The molecular weight excluding hydrogens is 333 g/mol. The first-order valence-corrected chi connectivity index (χ1v) is 8.41. The third kappa shape index (κ3) is 7.06. The molecule has 0 aromatic heterocycles. The Morgan fingerprint density at radius 2 is 2.00 bits per heavy atom. The first kappa shape index (κ1) is 20.6. The minimum Gasteiger partial charge on any atom is -0.350 e. The zero-order chi connectivity index (χ0) is 16.0. The van der Waals surface area contributed by atoms with Crippen LogP contribution in [0, 0.1) is 5.82 Å². The molecule has 0 heterocycles. The van der Waals surface area contributed by atoms with E-state index in [4.69, 9.17) is 0 Å². The van der Waals surface area contributed by atoms with Crippen LogP contribution in [0.1, 0.15) is 24.2 Å². The summed E-state index contributed by atoms with van der Waals surface area (Å²) in [6.45, 7) is 4.95. The number of hydrogen-bond donors (Lipinski definition) is 3. The number of sulfonamides is 1. The summed E-state index contributed by atoms with van der Waals surface area (Å²) in [7, 11) is -3.55. The Balaban J connectivity index is 0.00000441. The summed E-state index contributed by atoms with van der Waals surface area (Å²) < 4.78 is 38.0. The van der Waals surface area contributed by atoms with Crippen LogP contribution in [0.5, 0.6) is 0 Å². The van der Waals surface area contributed by atoms with E-state index in [-0.39, 0.29) is 29.7 Å². The van der Waals surface area contributed by atoms with Gasteiger partial charge in [0.15, 0.2) is 0 Å². The van der Waals surface area contributed by atoms with E-state index >= 15 is 0 Å². The number of amides is 1. The summed E-state index contributed by atoms with van der Waals surface area (Å²) in [6, 6.07) is 3.37. The summed E-state index contributed by atoms with van der Waals surface area (Å²) >= 11 is 0. The summed E-state index contributed by atoms with van der Waals surface area (Å²) in [5.74, 6) is -1.15. The van der Waals surface area contributed by atoms with Gasteiger partial charge in [0.05, 0.1) is 17.5 Å². The van der Waals surface area contributed by atoms with E-state index in [2.05, 4.69) is 15.4 Å². The summed E-state index contributed by atoms with van der Waals surface area (Å²) in [4.78, 5) is 12.1. The Labute approximate surface area is 136 Å². The van der Waals surface area contributed by atoms with Crippen molar-refractivity contribution in [3.05, 3.63) is 29.6 Å². The number of carbonyl (C=O) groups excluding carboxylic acids is 1. The van der Waals surface area contributed by atoms with Gasteiger partial charge >= 0.3 is 0 Å². The van der Waals surface area contributed by atoms with Gasteiger partial charge in [0, 0.05) is 12.6 Å². The van der Waals surface area contributed by atoms with E-state index in [1.165, 1.54) is 6.07 Å². The summed E-state index contributed by atoms with van der Waals surface area (Å²) in [6.07, 6.45) is 0.964. The first-order valence-electron chi connectivity index (χ1n) is 6.52. The standard InChI is InChI=1S/C13H20FN3O3S.ClH/c1-4-15-9(2)8-16-13(18)11-7-10(14)5-6-12(11)17-21(3,19)20;/h5-7,9,15,17H,4,8H2,1-3H3,(H,16,18);1H/t9-;/m1./s1. The molecule has 0 aliphatic carbocycles. The maximum Gasteiger partial charge on any atom is 0.253 e.